The van der Waals surface area contributed by atoms with E-state index in [2.05, 4.69) is 6.07 Å². The van der Waals surface area contributed by atoms with Crippen molar-refractivity contribution in [1.29, 1.82) is 5.26 Å². The molecule has 2 unspecified atom stereocenters. The second kappa shape index (κ2) is 12.7. The molecule has 0 amide bonds. The Morgan fingerprint density at radius 2 is 1.54 bits per heavy atom. The van der Waals surface area contributed by atoms with Crippen molar-refractivity contribution in [3.05, 3.63) is 51.6 Å². The maximum atomic E-state index is 11.8. The molecule has 2 aromatic rings. The van der Waals surface area contributed by atoms with E-state index in [4.69, 9.17) is 23.7 Å². The minimum Gasteiger partial charge on any atom is -0.493 e. The molecule has 0 aromatic heterocycles. The van der Waals surface area contributed by atoms with Gasteiger partial charge in [0.2, 0.25) is 11.8 Å². The van der Waals surface area contributed by atoms with Crippen LogP contribution in [-0.2, 0) is 11.8 Å². The molecule has 0 radical (unpaired) electrons. The molecule has 0 fully saturated rings. The Hall–Kier alpha value is -3.67. The summed E-state index contributed by atoms with van der Waals surface area (Å²) in [6.45, 7) is 1.93. The first-order valence-electron chi connectivity index (χ1n) is 11.4. The maximum Gasteiger partial charge on any atom is 0.217 e. The van der Waals surface area contributed by atoms with Gasteiger partial charge in [-0.2, -0.15) is 5.26 Å². The highest BCUT2D eigenvalue weighted by molar-refractivity contribution is 5.56. The van der Waals surface area contributed by atoms with Gasteiger partial charge in [-0.15, -0.1) is 0 Å². The van der Waals surface area contributed by atoms with Gasteiger partial charge in [-0.3, -0.25) is 10.1 Å². The van der Waals surface area contributed by atoms with E-state index < -0.39 is 11.5 Å². The van der Waals surface area contributed by atoms with Crippen LogP contribution in [0.2, 0.25) is 0 Å². The molecule has 2 rings (SSSR count). The van der Waals surface area contributed by atoms with Crippen molar-refractivity contribution in [3.63, 3.8) is 0 Å². The van der Waals surface area contributed by atoms with E-state index in [0.29, 0.717) is 54.4 Å². The van der Waals surface area contributed by atoms with Crippen LogP contribution in [0.4, 0.5) is 0 Å². The summed E-state index contributed by atoms with van der Waals surface area (Å²) in [5, 5.41) is 22.0. The second-order valence-corrected chi connectivity index (χ2v) is 8.19. The number of nitrogens with zero attached hydrogens (tertiary/aromatic N) is 2. The lowest BCUT2D eigenvalue weighted by molar-refractivity contribution is -0.523. The van der Waals surface area contributed by atoms with Gasteiger partial charge in [-0.1, -0.05) is 13.0 Å². The van der Waals surface area contributed by atoms with E-state index >= 15 is 0 Å². The molecule has 0 aliphatic carbocycles. The van der Waals surface area contributed by atoms with Gasteiger partial charge < -0.3 is 23.7 Å². The average molecular weight is 487 g/mol. The van der Waals surface area contributed by atoms with Gasteiger partial charge in [0.1, 0.15) is 0 Å². The van der Waals surface area contributed by atoms with E-state index in [9.17, 15) is 15.4 Å². The fraction of sp³-hybridized carbons (Fsp3) is 0.500. The third kappa shape index (κ3) is 6.27. The lowest BCUT2D eigenvalue weighted by Crippen LogP contribution is -2.26. The Morgan fingerprint density at radius 3 is 2.00 bits per heavy atom. The SMILES string of the molecule is CCC(C#N)(CCCC(Cc1ccc(OC)c(OC)c1)[N+](=O)[O-])c1cc(OC)c(OC)c(OC)c1. The Labute approximate surface area is 206 Å². The zero-order chi connectivity index (χ0) is 26.0. The molecule has 0 saturated carbocycles. The zero-order valence-electron chi connectivity index (χ0n) is 21.3. The Kier molecular flexibility index (Phi) is 10.0. The summed E-state index contributed by atoms with van der Waals surface area (Å²) in [5.74, 6) is 2.48. The average Bonchev–Trinajstić information content (AvgIpc) is 2.89. The summed E-state index contributed by atoms with van der Waals surface area (Å²) < 4.78 is 26.9. The molecule has 9 heteroatoms. The number of ether oxygens (including phenoxy) is 5. The Balaban J connectivity index is 2.24. The first-order valence-corrected chi connectivity index (χ1v) is 11.4. The Morgan fingerprint density at radius 1 is 0.943 bits per heavy atom. The molecule has 0 spiro atoms. The topological polar surface area (TPSA) is 113 Å². The summed E-state index contributed by atoms with van der Waals surface area (Å²) in [7, 11) is 7.64. The maximum absolute atomic E-state index is 11.8. The molecule has 2 atom stereocenters. The molecule has 190 valence electrons. The predicted octanol–water partition coefficient (Wildman–Crippen LogP) is 4.96. The van der Waals surface area contributed by atoms with E-state index in [1.807, 2.05) is 6.92 Å². The van der Waals surface area contributed by atoms with E-state index in [0.717, 1.165) is 11.1 Å². The third-order valence-electron chi connectivity index (χ3n) is 6.39. The predicted molar refractivity (Wildman–Crippen MR) is 132 cm³/mol. The smallest absolute Gasteiger partial charge is 0.217 e. The van der Waals surface area contributed by atoms with Gasteiger partial charge in [-0.25, -0.2) is 0 Å². The highest BCUT2D eigenvalue weighted by Crippen LogP contribution is 2.44. The van der Waals surface area contributed by atoms with Crippen LogP contribution in [0.5, 0.6) is 28.7 Å². The molecule has 0 saturated heterocycles. The van der Waals surface area contributed by atoms with Gasteiger partial charge in [0.05, 0.1) is 47.0 Å². The van der Waals surface area contributed by atoms with Crippen LogP contribution in [0.25, 0.3) is 0 Å². The summed E-state index contributed by atoms with van der Waals surface area (Å²) in [6, 6.07) is 10.5. The molecule has 9 nitrogen and oxygen atoms in total. The molecule has 2 aromatic carbocycles. The minimum absolute atomic E-state index is 0.253. The molecular weight excluding hydrogens is 452 g/mol. The van der Waals surface area contributed by atoms with Crippen LogP contribution in [-0.4, -0.2) is 46.5 Å². The van der Waals surface area contributed by atoms with Crippen molar-refractivity contribution in [2.75, 3.05) is 35.5 Å². The van der Waals surface area contributed by atoms with Gasteiger partial charge in [0, 0.05) is 17.8 Å². The largest absolute Gasteiger partial charge is 0.493 e. The first kappa shape index (κ1) is 27.6. The van der Waals surface area contributed by atoms with E-state index in [1.165, 1.54) is 28.4 Å². The third-order valence-corrected chi connectivity index (χ3v) is 6.39. The quantitative estimate of drug-likeness (QED) is 0.272. The van der Waals surface area contributed by atoms with Gasteiger partial charge in [-0.05, 0) is 54.7 Å². The van der Waals surface area contributed by atoms with Crippen molar-refractivity contribution >= 4 is 0 Å². The van der Waals surface area contributed by atoms with Gasteiger partial charge >= 0.3 is 0 Å². The number of nitriles is 1. The molecule has 35 heavy (non-hydrogen) atoms. The van der Waals surface area contributed by atoms with Crippen LogP contribution in [0.15, 0.2) is 30.3 Å². The fourth-order valence-corrected chi connectivity index (χ4v) is 4.28. The zero-order valence-corrected chi connectivity index (χ0v) is 21.3. The monoisotopic (exact) mass is 486 g/mol. The fourth-order valence-electron chi connectivity index (χ4n) is 4.28. The molecule has 0 aliphatic heterocycles. The van der Waals surface area contributed by atoms with Crippen molar-refractivity contribution in [2.24, 2.45) is 0 Å². The van der Waals surface area contributed by atoms with Crippen LogP contribution in [0, 0.1) is 21.4 Å². The van der Waals surface area contributed by atoms with Crippen LogP contribution in [0.3, 0.4) is 0 Å². The lowest BCUT2D eigenvalue weighted by Gasteiger charge is -2.27. The van der Waals surface area contributed by atoms with Gasteiger partial charge in [0.15, 0.2) is 23.0 Å². The molecule has 0 aliphatic rings. The number of hydrogen-bond acceptors (Lipinski definition) is 8. The number of methoxy groups -OCH3 is 5. The summed E-state index contributed by atoms with van der Waals surface area (Å²) in [6.07, 6.45) is 2.06. The number of benzene rings is 2. The van der Waals surface area contributed by atoms with Crippen molar-refractivity contribution in [2.45, 2.75) is 50.5 Å². The molecule has 0 N–H and O–H groups in total. The van der Waals surface area contributed by atoms with E-state index in [1.54, 1.807) is 37.4 Å². The number of hydrogen-bond donors (Lipinski definition) is 0. The molecule has 0 bridgehead atoms. The molecular formula is C26H34N2O7. The summed E-state index contributed by atoms with van der Waals surface area (Å²) in [4.78, 5) is 11.6. The highest BCUT2D eigenvalue weighted by atomic mass is 16.6. The standard InChI is InChI=1S/C26H34N2O7/c1-7-26(17-27,19-15-23(33-4)25(35-6)24(16-19)34-5)12-8-9-20(28(29)30)13-18-10-11-21(31-2)22(14-18)32-3/h10-11,14-16,20H,7-9,12-13H2,1-6H3. The number of nitro groups is 1. The first-order chi connectivity index (χ1) is 16.8. The highest BCUT2D eigenvalue weighted by Gasteiger charge is 2.33. The van der Waals surface area contributed by atoms with Crippen molar-refractivity contribution < 1.29 is 28.6 Å². The normalized spacial score (nSPS) is 13.2. The molecule has 0 heterocycles. The Bertz CT molecular complexity index is 1030. The summed E-state index contributed by atoms with van der Waals surface area (Å²) in [5.41, 5.74) is 0.669. The summed E-state index contributed by atoms with van der Waals surface area (Å²) >= 11 is 0. The van der Waals surface area contributed by atoms with Gasteiger partial charge in [0.25, 0.3) is 0 Å². The van der Waals surface area contributed by atoms with E-state index in [-0.39, 0.29) is 11.3 Å². The minimum atomic E-state index is -0.850. The van der Waals surface area contributed by atoms with Crippen molar-refractivity contribution in [3.8, 4) is 34.8 Å². The second-order valence-electron chi connectivity index (χ2n) is 8.19. The number of rotatable bonds is 14. The van der Waals surface area contributed by atoms with Crippen LogP contribution < -0.4 is 23.7 Å². The van der Waals surface area contributed by atoms with Crippen LogP contribution >= 0.6 is 0 Å². The lowest BCUT2D eigenvalue weighted by atomic mass is 9.75. The van der Waals surface area contributed by atoms with Crippen LogP contribution in [0.1, 0.15) is 43.7 Å². The van der Waals surface area contributed by atoms with Crippen molar-refractivity contribution in [1.82, 2.24) is 0 Å².